The fraction of sp³-hybridized carbons (Fsp3) is 1.00. The summed E-state index contributed by atoms with van der Waals surface area (Å²) in [6, 6.07) is 2.00. The van der Waals surface area contributed by atoms with Gasteiger partial charge in [0, 0.05) is 30.7 Å². The van der Waals surface area contributed by atoms with Crippen molar-refractivity contribution in [1.82, 2.24) is 10.6 Å². The van der Waals surface area contributed by atoms with Crippen LogP contribution in [0.1, 0.15) is 20.8 Å². The number of nitrogens with two attached hydrogens (primary N) is 1. The van der Waals surface area contributed by atoms with E-state index in [4.69, 9.17) is 5.73 Å². The van der Waals surface area contributed by atoms with Crippen molar-refractivity contribution in [3.05, 3.63) is 0 Å². The lowest BCUT2D eigenvalue weighted by Gasteiger charge is -2.39. The minimum absolute atomic E-state index is 0.432. The summed E-state index contributed by atoms with van der Waals surface area (Å²) in [6.45, 7) is 7.27. The molecule has 0 spiro atoms. The molecule has 1 saturated heterocycles. The first-order valence-electron chi connectivity index (χ1n) is 4.37. The zero-order valence-electron chi connectivity index (χ0n) is 7.59. The molecule has 0 amide bonds. The number of piperazine rings is 1. The standard InChI is InChI=1S/C8H19N3/c1-5-6(2)11-8(4-9)7(3)10-5/h5-8,10-11H,4,9H2,1-3H3/t5-,6+,7+,8-/m1/s1. The Morgan fingerprint density at radius 3 is 2.09 bits per heavy atom. The highest BCUT2D eigenvalue weighted by Gasteiger charge is 2.27. The fourth-order valence-electron chi connectivity index (χ4n) is 1.57. The molecule has 3 nitrogen and oxygen atoms in total. The van der Waals surface area contributed by atoms with Gasteiger partial charge in [0.15, 0.2) is 0 Å². The molecule has 1 fully saturated rings. The van der Waals surface area contributed by atoms with E-state index in [0.29, 0.717) is 30.7 Å². The quantitative estimate of drug-likeness (QED) is 0.488. The molecular weight excluding hydrogens is 138 g/mol. The van der Waals surface area contributed by atoms with Crippen molar-refractivity contribution >= 4 is 0 Å². The maximum absolute atomic E-state index is 5.60. The summed E-state index contributed by atoms with van der Waals surface area (Å²) in [5, 5.41) is 6.97. The van der Waals surface area contributed by atoms with Crippen molar-refractivity contribution in [2.75, 3.05) is 6.54 Å². The number of hydrogen-bond donors (Lipinski definition) is 3. The highest BCUT2D eigenvalue weighted by molar-refractivity contribution is 4.92. The predicted molar refractivity (Wildman–Crippen MR) is 47.5 cm³/mol. The molecule has 11 heavy (non-hydrogen) atoms. The minimum Gasteiger partial charge on any atom is -0.329 e. The van der Waals surface area contributed by atoms with E-state index in [0.717, 1.165) is 0 Å². The third-order valence-corrected chi connectivity index (χ3v) is 2.61. The SMILES string of the molecule is C[C@@H]1N[C@H](CN)[C@H](C)N[C@@H]1C. The summed E-state index contributed by atoms with van der Waals surface area (Å²) < 4.78 is 0. The minimum atomic E-state index is 0.432. The van der Waals surface area contributed by atoms with Crippen LogP contribution >= 0.6 is 0 Å². The smallest absolute Gasteiger partial charge is 0.0344 e. The van der Waals surface area contributed by atoms with Gasteiger partial charge in [0.05, 0.1) is 0 Å². The lowest BCUT2D eigenvalue weighted by atomic mass is 10.00. The normalized spacial score (nSPS) is 45.8. The van der Waals surface area contributed by atoms with Gasteiger partial charge >= 0.3 is 0 Å². The van der Waals surface area contributed by atoms with Gasteiger partial charge in [-0.25, -0.2) is 0 Å². The van der Waals surface area contributed by atoms with Gasteiger partial charge in [0.25, 0.3) is 0 Å². The Hall–Kier alpha value is -0.120. The molecule has 1 aliphatic rings. The van der Waals surface area contributed by atoms with E-state index in [9.17, 15) is 0 Å². The molecular formula is C8H19N3. The molecule has 0 aromatic rings. The molecule has 0 saturated carbocycles. The van der Waals surface area contributed by atoms with Crippen molar-refractivity contribution in [2.45, 2.75) is 44.9 Å². The Bertz CT molecular complexity index is 127. The van der Waals surface area contributed by atoms with Gasteiger partial charge in [-0.2, -0.15) is 0 Å². The van der Waals surface area contributed by atoms with Gasteiger partial charge in [-0.1, -0.05) is 0 Å². The van der Waals surface area contributed by atoms with Crippen LogP contribution in [0.4, 0.5) is 0 Å². The molecule has 1 rings (SSSR count). The molecule has 4 atom stereocenters. The Morgan fingerprint density at radius 1 is 1.00 bits per heavy atom. The molecule has 66 valence electrons. The summed E-state index contributed by atoms with van der Waals surface area (Å²) >= 11 is 0. The van der Waals surface area contributed by atoms with Crippen LogP contribution in [0.15, 0.2) is 0 Å². The molecule has 0 aromatic heterocycles. The van der Waals surface area contributed by atoms with Crippen molar-refractivity contribution < 1.29 is 0 Å². The third-order valence-electron chi connectivity index (χ3n) is 2.61. The zero-order valence-corrected chi connectivity index (χ0v) is 7.59. The lowest BCUT2D eigenvalue weighted by molar-refractivity contribution is 0.242. The first kappa shape index (κ1) is 8.97. The number of nitrogens with one attached hydrogen (secondary N) is 2. The van der Waals surface area contributed by atoms with E-state index in [1.54, 1.807) is 0 Å². The maximum Gasteiger partial charge on any atom is 0.0344 e. The van der Waals surface area contributed by atoms with Crippen molar-refractivity contribution in [1.29, 1.82) is 0 Å². The lowest BCUT2D eigenvalue weighted by Crippen LogP contribution is -2.65. The topological polar surface area (TPSA) is 50.1 Å². The van der Waals surface area contributed by atoms with Gasteiger partial charge in [0.2, 0.25) is 0 Å². The molecule has 1 aliphatic heterocycles. The molecule has 0 radical (unpaired) electrons. The molecule has 0 bridgehead atoms. The van der Waals surface area contributed by atoms with E-state index < -0.39 is 0 Å². The average Bonchev–Trinajstić information content (AvgIpc) is 1.97. The average molecular weight is 157 g/mol. The Balaban J connectivity index is 2.48. The second-order valence-electron chi connectivity index (χ2n) is 3.54. The van der Waals surface area contributed by atoms with Gasteiger partial charge in [-0.15, -0.1) is 0 Å². The third kappa shape index (κ3) is 1.92. The van der Waals surface area contributed by atoms with Crippen LogP contribution in [-0.4, -0.2) is 30.7 Å². The maximum atomic E-state index is 5.60. The molecule has 0 unspecified atom stereocenters. The highest BCUT2D eigenvalue weighted by Crippen LogP contribution is 2.05. The predicted octanol–water partition coefficient (Wildman–Crippen LogP) is -0.328. The van der Waals surface area contributed by atoms with E-state index in [2.05, 4.69) is 31.4 Å². The van der Waals surface area contributed by atoms with Gasteiger partial charge in [0.1, 0.15) is 0 Å². The Kier molecular flexibility index (Phi) is 2.87. The zero-order chi connectivity index (χ0) is 8.43. The van der Waals surface area contributed by atoms with Crippen LogP contribution in [0.2, 0.25) is 0 Å². The first-order chi connectivity index (χ1) is 5.15. The van der Waals surface area contributed by atoms with Gasteiger partial charge < -0.3 is 16.4 Å². The van der Waals surface area contributed by atoms with E-state index in [1.165, 1.54) is 0 Å². The Morgan fingerprint density at radius 2 is 1.55 bits per heavy atom. The van der Waals surface area contributed by atoms with Crippen molar-refractivity contribution in [3.8, 4) is 0 Å². The van der Waals surface area contributed by atoms with Crippen molar-refractivity contribution in [3.63, 3.8) is 0 Å². The molecule has 3 heteroatoms. The number of rotatable bonds is 1. The molecule has 1 heterocycles. The van der Waals surface area contributed by atoms with E-state index in [1.807, 2.05) is 0 Å². The second-order valence-corrected chi connectivity index (χ2v) is 3.54. The van der Waals surface area contributed by atoms with Crippen LogP contribution in [0.5, 0.6) is 0 Å². The Labute approximate surface area is 68.7 Å². The van der Waals surface area contributed by atoms with Crippen LogP contribution in [-0.2, 0) is 0 Å². The van der Waals surface area contributed by atoms with Crippen LogP contribution in [0.3, 0.4) is 0 Å². The number of hydrogen-bond acceptors (Lipinski definition) is 3. The van der Waals surface area contributed by atoms with Crippen LogP contribution < -0.4 is 16.4 Å². The first-order valence-corrected chi connectivity index (χ1v) is 4.37. The second kappa shape index (κ2) is 3.52. The molecule has 4 N–H and O–H groups in total. The summed E-state index contributed by atoms with van der Waals surface area (Å²) in [5.74, 6) is 0. The van der Waals surface area contributed by atoms with Crippen LogP contribution in [0.25, 0.3) is 0 Å². The van der Waals surface area contributed by atoms with Gasteiger partial charge in [-0.05, 0) is 20.8 Å². The monoisotopic (exact) mass is 157 g/mol. The summed E-state index contributed by atoms with van der Waals surface area (Å²) in [7, 11) is 0. The summed E-state index contributed by atoms with van der Waals surface area (Å²) in [6.07, 6.45) is 0. The summed E-state index contributed by atoms with van der Waals surface area (Å²) in [4.78, 5) is 0. The van der Waals surface area contributed by atoms with Gasteiger partial charge in [-0.3, -0.25) is 0 Å². The molecule has 0 aromatic carbocycles. The largest absolute Gasteiger partial charge is 0.329 e. The summed E-state index contributed by atoms with van der Waals surface area (Å²) in [5.41, 5.74) is 5.60. The molecule has 0 aliphatic carbocycles. The van der Waals surface area contributed by atoms with E-state index >= 15 is 0 Å². The van der Waals surface area contributed by atoms with Crippen LogP contribution in [0, 0.1) is 0 Å². The highest BCUT2D eigenvalue weighted by atomic mass is 15.1. The van der Waals surface area contributed by atoms with E-state index in [-0.39, 0.29) is 0 Å². The fourth-order valence-corrected chi connectivity index (χ4v) is 1.57. The van der Waals surface area contributed by atoms with Crippen molar-refractivity contribution in [2.24, 2.45) is 5.73 Å².